The molecule has 0 aromatic heterocycles. The smallest absolute Gasteiger partial charge is 0.340 e. The Morgan fingerprint density at radius 1 is 1.00 bits per heavy atom. The Morgan fingerprint density at radius 2 is 1.81 bits per heavy atom. The molecule has 2 aromatic carbocycles. The molecule has 2 aliphatic carbocycles. The predicted molar refractivity (Wildman–Crippen MR) is 125 cm³/mol. The maximum absolute atomic E-state index is 14.8. The SMILES string of the molecule is CCCCCCC1CC[C@@H]2CC(c3ccc4c(F)c(C(=O)OC)ccc4c3)CC[C@H]2C1. The van der Waals surface area contributed by atoms with Crippen LogP contribution in [0.1, 0.15) is 99.4 Å². The highest BCUT2D eigenvalue weighted by atomic mass is 19.1. The lowest BCUT2D eigenvalue weighted by molar-refractivity contribution is 0.0596. The topological polar surface area (TPSA) is 26.3 Å². The van der Waals surface area contributed by atoms with Gasteiger partial charge in [-0.25, -0.2) is 9.18 Å². The first kappa shape index (κ1) is 22.3. The standard InChI is InChI=1S/C28H37FO2/c1-3-4-5-6-7-19-8-9-21-17-22(11-10-20(21)16-19)23-12-14-25-24(18-23)13-15-26(27(25)29)28(30)31-2/h12-15,18-22H,3-11,16-17H2,1-2H3/t19?,20-,21+,22?/m0/s1. The van der Waals surface area contributed by atoms with Gasteiger partial charge in [0.1, 0.15) is 5.82 Å². The average Bonchev–Trinajstić information content (AvgIpc) is 2.81. The van der Waals surface area contributed by atoms with E-state index in [1.54, 1.807) is 6.07 Å². The minimum atomic E-state index is -0.622. The molecule has 0 radical (unpaired) electrons. The van der Waals surface area contributed by atoms with Gasteiger partial charge in [0.25, 0.3) is 0 Å². The highest BCUT2D eigenvalue weighted by Crippen LogP contribution is 2.48. The van der Waals surface area contributed by atoms with Gasteiger partial charge >= 0.3 is 5.97 Å². The number of esters is 1. The van der Waals surface area contributed by atoms with Crippen LogP contribution in [0.2, 0.25) is 0 Å². The van der Waals surface area contributed by atoms with Crippen molar-refractivity contribution >= 4 is 16.7 Å². The monoisotopic (exact) mass is 424 g/mol. The summed E-state index contributed by atoms with van der Waals surface area (Å²) in [5.74, 6) is 2.22. The van der Waals surface area contributed by atoms with Crippen LogP contribution in [-0.4, -0.2) is 13.1 Å². The summed E-state index contributed by atoms with van der Waals surface area (Å²) in [6.07, 6.45) is 15.1. The molecule has 4 atom stereocenters. The largest absolute Gasteiger partial charge is 0.465 e. The van der Waals surface area contributed by atoms with Crippen LogP contribution >= 0.6 is 0 Å². The van der Waals surface area contributed by atoms with Crippen LogP contribution < -0.4 is 0 Å². The summed E-state index contributed by atoms with van der Waals surface area (Å²) in [6, 6.07) is 9.47. The molecule has 168 valence electrons. The third-order valence-corrected chi connectivity index (χ3v) is 8.04. The van der Waals surface area contributed by atoms with Crippen LogP contribution in [-0.2, 0) is 4.74 Å². The zero-order valence-electron chi connectivity index (χ0n) is 19.2. The number of unbranched alkanes of at least 4 members (excludes halogenated alkanes) is 3. The lowest BCUT2D eigenvalue weighted by Crippen LogP contribution is -2.30. The Hall–Kier alpha value is -1.90. The van der Waals surface area contributed by atoms with Gasteiger partial charge in [0, 0.05) is 5.39 Å². The molecule has 4 rings (SSSR count). The summed E-state index contributed by atoms with van der Waals surface area (Å²) < 4.78 is 19.5. The first-order valence-electron chi connectivity index (χ1n) is 12.4. The van der Waals surface area contributed by atoms with Crippen molar-refractivity contribution in [1.29, 1.82) is 0 Å². The van der Waals surface area contributed by atoms with Crippen molar-refractivity contribution in [2.75, 3.05) is 7.11 Å². The van der Waals surface area contributed by atoms with E-state index >= 15 is 0 Å². The molecule has 2 unspecified atom stereocenters. The van der Waals surface area contributed by atoms with Crippen molar-refractivity contribution in [1.82, 2.24) is 0 Å². The van der Waals surface area contributed by atoms with Gasteiger partial charge in [-0.15, -0.1) is 0 Å². The van der Waals surface area contributed by atoms with E-state index in [2.05, 4.69) is 19.1 Å². The number of carbonyl (C=O) groups excluding carboxylic acids is 1. The fourth-order valence-corrected chi connectivity index (χ4v) is 6.24. The Labute approximate surface area is 186 Å². The van der Waals surface area contributed by atoms with Crippen molar-refractivity contribution in [2.45, 2.75) is 83.5 Å². The van der Waals surface area contributed by atoms with Crippen molar-refractivity contribution in [3.05, 3.63) is 47.3 Å². The van der Waals surface area contributed by atoms with Crippen LogP contribution in [0.4, 0.5) is 4.39 Å². The molecule has 0 amide bonds. The molecule has 2 saturated carbocycles. The molecule has 31 heavy (non-hydrogen) atoms. The van der Waals surface area contributed by atoms with Gasteiger partial charge in [-0.05, 0) is 72.8 Å². The summed E-state index contributed by atoms with van der Waals surface area (Å²) in [6.45, 7) is 2.29. The Bertz CT molecular complexity index is 905. The summed E-state index contributed by atoms with van der Waals surface area (Å²) >= 11 is 0. The van der Waals surface area contributed by atoms with Crippen LogP contribution in [0, 0.1) is 23.6 Å². The number of ether oxygens (including phenoxy) is 1. The van der Waals surface area contributed by atoms with Gasteiger partial charge in [-0.2, -0.15) is 0 Å². The number of hydrogen-bond acceptors (Lipinski definition) is 2. The third-order valence-electron chi connectivity index (χ3n) is 8.04. The van der Waals surface area contributed by atoms with Gasteiger partial charge in [0.2, 0.25) is 0 Å². The number of fused-ring (bicyclic) bond motifs is 2. The zero-order chi connectivity index (χ0) is 21.8. The fraction of sp³-hybridized carbons (Fsp3) is 0.607. The van der Waals surface area contributed by atoms with E-state index in [1.807, 2.05) is 12.1 Å². The lowest BCUT2D eigenvalue weighted by Gasteiger charge is -2.42. The minimum Gasteiger partial charge on any atom is -0.465 e. The van der Waals surface area contributed by atoms with E-state index in [9.17, 15) is 9.18 Å². The summed E-state index contributed by atoms with van der Waals surface area (Å²) in [5.41, 5.74) is 1.34. The Balaban J connectivity index is 1.40. The molecule has 0 bridgehead atoms. The van der Waals surface area contributed by atoms with Crippen molar-refractivity contribution in [2.24, 2.45) is 17.8 Å². The molecule has 2 fully saturated rings. The normalized spacial score (nSPS) is 25.9. The second kappa shape index (κ2) is 10.1. The van der Waals surface area contributed by atoms with E-state index < -0.39 is 11.8 Å². The predicted octanol–water partition coefficient (Wildman–Crippen LogP) is 8.04. The van der Waals surface area contributed by atoms with E-state index in [4.69, 9.17) is 4.74 Å². The first-order chi connectivity index (χ1) is 15.1. The first-order valence-corrected chi connectivity index (χ1v) is 12.4. The van der Waals surface area contributed by atoms with E-state index in [1.165, 1.54) is 83.3 Å². The van der Waals surface area contributed by atoms with Crippen LogP contribution in [0.3, 0.4) is 0 Å². The lowest BCUT2D eigenvalue weighted by atomic mass is 9.63. The molecule has 0 spiro atoms. The number of rotatable bonds is 7. The highest BCUT2D eigenvalue weighted by molar-refractivity contribution is 5.96. The highest BCUT2D eigenvalue weighted by Gasteiger charge is 2.35. The molecule has 2 nitrogen and oxygen atoms in total. The zero-order valence-corrected chi connectivity index (χ0v) is 19.2. The minimum absolute atomic E-state index is 0.00899. The Morgan fingerprint density at radius 3 is 2.61 bits per heavy atom. The number of benzene rings is 2. The fourth-order valence-electron chi connectivity index (χ4n) is 6.24. The average molecular weight is 425 g/mol. The molecular formula is C28H37FO2. The maximum atomic E-state index is 14.8. The van der Waals surface area contributed by atoms with Gasteiger partial charge in [0.05, 0.1) is 12.7 Å². The third kappa shape index (κ3) is 4.96. The molecule has 0 N–H and O–H groups in total. The maximum Gasteiger partial charge on any atom is 0.340 e. The van der Waals surface area contributed by atoms with Crippen LogP contribution in [0.5, 0.6) is 0 Å². The van der Waals surface area contributed by atoms with Crippen molar-refractivity contribution in [3.63, 3.8) is 0 Å². The quantitative estimate of drug-likeness (QED) is 0.332. The van der Waals surface area contributed by atoms with E-state index in [0.717, 1.165) is 23.1 Å². The van der Waals surface area contributed by atoms with Crippen LogP contribution in [0.25, 0.3) is 10.8 Å². The summed E-state index contributed by atoms with van der Waals surface area (Å²) in [7, 11) is 1.28. The van der Waals surface area contributed by atoms with Gasteiger partial charge in [-0.1, -0.05) is 69.7 Å². The number of halogens is 1. The second-order valence-corrected chi connectivity index (χ2v) is 9.96. The van der Waals surface area contributed by atoms with Crippen molar-refractivity contribution < 1.29 is 13.9 Å². The van der Waals surface area contributed by atoms with Crippen LogP contribution in [0.15, 0.2) is 30.3 Å². The van der Waals surface area contributed by atoms with Gasteiger partial charge < -0.3 is 4.74 Å². The molecule has 0 aliphatic heterocycles. The molecule has 0 saturated heterocycles. The number of methoxy groups -OCH3 is 1. The molecule has 0 heterocycles. The second-order valence-electron chi connectivity index (χ2n) is 9.96. The van der Waals surface area contributed by atoms with Gasteiger partial charge in [0.15, 0.2) is 0 Å². The van der Waals surface area contributed by atoms with E-state index in [-0.39, 0.29) is 5.56 Å². The molecule has 2 aliphatic rings. The molecular weight excluding hydrogens is 387 g/mol. The van der Waals surface area contributed by atoms with Crippen molar-refractivity contribution in [3.8, 4) is 0 Å². The number of hydrogen-bond donors (Lipinski definition) is 0. The molecule has 2 aromatic rings. The summed E-state index contributed by atoms with van der Waals surface area (Å²) in [5, 5.41) is 1.38. The number of carbonyl (C=O) groups is 1. The van der Waals surface area contributed by atoms with Gasteiger partial charge in [-0.3, -0.25) is 0 Å². The molecule has 3 heteroatoms. The van der Waals surface area contributed by atoms with E-state index in [0.29, 0.717) is 11.3 Å². The Kier molecular flexibility index (Phi) is 7.30. The summed E-state index contributed by atoms with van der Waals surface area (Å²) in [4.78, 5) is 11.8.